The predicted molar refractivity (Wildman–Crippen MR) is 111 cm³/mol. The number of nitrogens with one attached hydrogen (secondary N) is 2. The molecule has 1 aliphatic rings. The van der Waals surface area contributed by atoms with Crippen molar-refractivity contribution >= 4 is 29.3 Å². The van der Waals surface area contributed by atoms with E-state index in [1.807, 2.05) is 22.9 Å². The lowest BCUT2D eigenvalue weighted by atomic mass is 10.2. The number of tetrazole rings is 1. The number of thioether (sulfide) groups is 1. The molecule has 0 saturated heterocycles. The van der Waals surface area contributed by atoms with E-state index in [2.05, 4.69) is 26.2 Å². The summed E-state index contributed by atoms with van der Waals surface area (Å²) < 4.78 is 6.93. The van der Waals surface area contributed by atoms with Crippen LogP contribution in [0.1, 0.15) is 47.8 Å². The third-order valence-corrected chi connectivity index (χ3v) is 5.82. The Bertz CT molecular complexity index is 998. The molecule has 0 spiro atoms. The van der Waals surface area contributed by atoms with Gasteiger partial charge in [0.15, 0.2) is 5.76 Å². The lowest BCUT2D eigenvalue weighted by Gasteiger charge is -2.11. The number of benzene rings is 1. The van der Waals surface area contributed by atoms with Crippen molar-refractivity contribution < 1.29 is 14.0 Å². The van der Waals surface area contributed by atoms with Gasteiger partial charge in [-0.25, -0.2) is 4.68 Å². The van der Waals surface area contributed by atoms with Gasteiger partial charge in [-0.15, -0.1) is 5.10 Å². The molecular formula is C20H22N6O3S. The Kier molecular flexibility index (Phi) is 6.43. The van der Waals surface area contributed by atoms with E-state index in [9.17, 15) is 9.59 Å². The van der Waals surface area contributed by atoms with Gasteiger partial charge in [0.1, 0.15) is 0 Å². The van der Waals surface area contributed by atoms with Crippen LogP contribution in [0.3, 0.4) is 0 Å². The molecule has 1 fully saturated rings. The first-order chi connectivity index (χ1) is 14.7. The topological polar surface area (TPSA) is 115 Å². The third kappa shape index (κ3) is 5.07. The molecular weight excluding hydrogens is 404 g/mol. The van der Waals surface area contributed by atoms with Crippen LogP contribution in [-0.2, 0) is 11.3 Å². The Balaban J connectivity index is 1.26. The zero-order chi connectivity index (χ0) is 20.8. The zero-order valence-electron chi connectivity index (χ0n) is 16.3. The van der Waals surface area contributed by atoms with Gasteiger partial charge >= 0.3 is 0 Å². The van der Waals surface area contributed by atoms with E-state index in [1.165, 1.54) is 30.9 Å². The maximum absolute atomic E-state index is 12.3. The van der Waals surface area contributed by atoms with Crippen LogP contribution in [-0.4, -0.2) is 37.8 Å². The molecule has 2 amide bonds. The SMILES string of the molecule is O=C(CSc1nnnn1C1CCCC1)NCc1cccc(NC(=O)c2ccco2)c1. The minimum absolute atomic E-state index is 0.106. The molecule has 2 heterocycles. The van der Waals surface area contributed by atoms with Gasteiger partial charge in [-0.05, 0) is 53.1 Å². The smallest absolute Gasteiger partial charge is 0.291 e. The summed E-state index contributed by atoms with van der Waals surface area (Å²) in [6.07, 6.45) is 5.99. The molecule has 3 aromatic rings. The quantitative estimate of drug-likeness (QED) is 0.532. The van der Waals surface area contributed by atoms with Gasteiger partial charge in [-0.3, -0.25) is 9.59 Å². The number of hydrogen-bond donors (Lipinski definition) is 2. The first kappa shape index (κ1) is 20.1. The van der Waals surface area contributed by atoms with E-state index in [4.69, 9.17) is 4.42 Å². The lowest BCUT2D eigenvalue weighted by Crippen LogP contribution is -2.25. The minimum Gasteiger partial charge on any atom is -0.459 e. The average Bonchev–Trinajstić information content (AvgIpc) is 3.52. The summed E-state index contributed by atoms with van der Waals surface area (Å²) in [7, 11) is 0. The fourth-order valence-corrected chi connectivity index (χ4v) is 4.17. The van der Waals surface area contributed by atoms with E-state index in [0.717, 1.165) is 18.4 Å². The van der Waals surface area contributed by atoms with Crippen molar-refractivity contribution in [2.75, 3.05) is 11.1 Å². The maximum atomic E-state index is 12.3. The Morgan fingerprint density at radius 3 is 2.87 bits per heavy atom. The van der Waals surface area contributed by atoms with E-state index >= 15 is 0 Å². The van der Waals surface area contributed by atoms with Crippen molar-refractivity contribution in [3.8, 4) is 0 Å². The summed E-state index contributed by atoms with van der Waals surface area (Å²) in [4.78, 5) is 24.3. The highest BCUT2D eigenvalue weighted by molar-refractivity contribution is 7.99. The van der Waals surface area contributed by atoms with E-state index in [-0.39, 0.29) is 23.3 Å². The molecule has 0 bridgehead atoms. The van der Waals surface area contributed by atoms with Crippen LogP contribution in [0.15, 0.2) is 52.2 Å². The Hall–Kier alpha value is -3.14. The highest BCUT2D eigenvalue weighted by Gasteiger charge is 2.22. The van der Waals surface area contributed by atoms with Crippen molar-refractivity contribution in [3.05, 3.63) is 54.0 Å². The molecule has 1 saturated carbocycles. The molecule has 10 heteroatoms. The van der Waals surface area contributed by atoms with Crippen LogP contribution in [0.4, 0.5) is 5.69 Å². The summed E-state index contributed by atoms with van der Waals surface area (Å²) in [5.74, 6) is 0.0522. The molecule has 1 aromatic carbocycles. The first-order valence-electron chi connectivity index (χ1n) is 9.80. The summed E-state index contributed by atoms with van der Waals surface area (Å²) in [6.45, 7) is 0.359. The van der Waals surface area contributed by atoms with Crippen molar-refractivity contribution in [2.45, 2.75) is 43.4 Å². The molecule has 0 atom stereocenters. The molecule has 0 unspecified atom stereocenters. The van der Waals surface area contributed by atoms with Gasteiger partial charge in [0.05, 0.1) is 18.1 Å². The first-order valence-corrected chi connectivity index (χ1v) is 10.8. The van der Waals surface area contributed by atoms with E-state index in [1.54, 1.807) is 18.2 Å². The highest BCUT2D eigenvalue weighted by Crippen LogP contribution is 2.31. The zero-order valence-corrected chi connectivity index (χ0v) is 17.1. The molecule has 0 aliphatic heterocycles. The molecule has 30 heavy (non-hydrogen) atoms. The second kappa shape index (κ2) is 9.57. The van der Waals surface area contributed by atoms with Crippen molar-refractivity contribution in [3.63, 3.8) is 0 Å². The fourth-order valence-electron chi connectivity index (χ4n) is 3.40. The summed E-state index contributed by atoms with van der Waals surface area (Å²) in [5, 5.41) is 18.2. The van der Waals surface area contributed by atoms with E-state index in [0.29, 0.717) is 23.4 Å². The molecule has 4 rings (SSSR count). The van der Waals surface area contributed by atoms with Gasteiger partial charge in [0.2, 0.25) is 11.1 Å². The van der Waals surface area contributed by atoms with Gasteiger partial charge in [0.25, 0.3) is 5.91 Å². The number of furan rings is 1. The van der Waals surface area contributed by atoms with Crippen LogP contribution in [0.2, 0.25) is 0 Å². The van der Waals surface area contributed by atoms with Gasteiger partial charge < -0.3 is 15.1 Å². The fraction of sp³-hybridized carbons (Fsp3) is 0.350. The number of amides is 2. The number of hydrogen-bond acceptors (Lipinski definition) is 7. The number of rotatable bonds is 8. The number of aromatic nitrogens is 4. The molecule has 2 N–H and O–H groups in total. The van der Waals surface area contributed by atoms with Crippen molar-refractivity contribution in [2.24, 2.45) is 0 Å². The maximum Gasteiger partial charge on any atom is 0.291 e. The normalized spacial score (nSPS) is 14.0. The Morgan fingerprint density at radius 2 is 2.07 bits per heavy atom. The third-order valence-electron chi connectivity index (χ3n) is 4.89. The average molecular weight is 427 g/mol. The summed E-state index contributed by atoms with van der Waals surface area (Å²) >= 11 is 1.34. The lowest BCUT2D eigenvalue weighted by molar-refractivity contribution is -0.118. The second-order valence-electron chi connectivity index (χ2n) is 7.04. The summed E-state index contributed by atoms with van der Waals surface area (Å²) in [5.41, 5.74) is 1.51. The monoisotopic (exact) mass is 426 g/mol. The Morgan fingerprint density at radius 1 is 1.20 bits per heavy atom. The standard InChI is InChI=1S/C20H22N6O3S/c27-18(13-30-20-23-24-25-26(20)16-7-1-2-8-16)21-12-14-5-3-6-15(11-14)22-19(28)17-9-4-10-29-17/h3-6,9-11,16H,1-2,7-8,12-13H2,(H,21,27)(H,22,28). The summed E-state index contributed by atoms with van der Waals surface area (Å²) in [6, 6.07) is 10.9. The largest absolute Gasteiger partial charge is 0.459 e. The van der Waals surface area contributed by atoms with E-state index < -0.39 is 0 Å². The van der Waals surface area contributed by atoms with Crippen molar-refractivity contribution in [1.82, 2.24) is 25.5 Å². The van der Waals surface area contributed by atoms with Gasteiger partial charge in [-0.2, -0.15) is 0 Å². The number of nitrogens with zero attached hydrogens (tertiary/aromatic N) is 4. The Labute approximate surface area is 177 Å². The minimum atomic E-state index is -0.322. The van der Waals surface area contributed by atoms with Crippen LogP contribution in [0.25, 0.3) is 0 Å². The van der Waals surface area contributed by atoms with Crippen LogP contribution < -0.4 is 10.6 Å². The van der Waals surface area contributed by atoms with Crippen LogP contribution >= 0.6 is 11.8 Å². The molecule has 0 radical (unpaired) electrons. The number of anilines is 1. The van der Waals surface area contributed by atoms with Crippen LogP contribution in [0.5, 0.6) is 0 Å². The molecule has 9 nitrogen and oxygen atoms in total. The van der Waals surface area contributed by atoms with Crippen LogP contribution in [0, 0.1) is 0 Å². The van der Waals surface area contributed by atoms with Gasteiger partial charge in [0, 0.05) is 12.2 Å². The molecule has 156 valence electrons. The second-order valence-corrected chi connectivity index (χ2v) is 7.98. The highest BCUT2D eigenvalue weighted by atomic mass is 32.2. The number of carbonyl (C=O) groups is 2. The molecule has 1 aliphatic carbocycles. The predicted octanol–water partition coefficient (Wildman–Crippen LogP) is 3.04. The van der Waals surface area contributed by atoms with Crippen molar-refractivity contribution in [1.29, 1.82) is 0 Å². The number of carbonyl (C=O) groups excluding carboxylic acids is 2. The van der Waals surface area contributed by atoms with Gasteiger partial charge in [-0.1, -0.05) is 36.7 Å². The molecule has 2 aromatic heterocycles.